The summed E-state index contributed by atoms with van der Waals surface area (Å²) in [5.41, 5.74) is -0.402. The predicted octanol–water partition coefficient (Wildman–Crippen LogP) is 3.65. The van der Waals surface area contributed by atoms with Crippen molar-refractivity contribution in [1.82, 2.24) is 4.13 Å². The molecule has 0 radical (unpaired) electrons. The van der Waals surface area contributed by atoms with Crippen LogP contribution in [0.5, 0.6) is 0 Å². The monoisotopic (exact) mass is 527 g/mol. The molecule has 2 atom stereocenters. The predicted molar refractivity (Wildman–Crippen MR) is 117 cm³/mol. The van der Waals surface area contributed by atoms with Crippen LogP contribution in [0.2, 0.25) is 5.02 Å². The highest BCUT2D eigenvalue weighted by Crippen LogP contribution is 2.32. The first-order valence-corrected chi connectivity index (χ1v) is 13.2. The van der Waals surface area contributed by atoms with Crippen molar-refractivity contribution >= 4 is 37.6 Å². The van der Waals surface area contributed by atoms with Crippen molar-refractivity contribution in [2.45, 2.75) is 25.4 Å². The Hall–Kier alpha value is -2.15. The molecule has 0 amide bonds. The quantitative estimate of drug-likeness (QED) is 0.422. The Bertz CT molecular complexity index is 1160. The van der Waals surface area contributed by atoms with E-state index < -0.39 is 74.1 Å². The first kappa shape index (κ1) is 27.1. The van der Waals surface area contributed by atoms with Gasteiger partial charge in [0.1, 0.15) is 6.61 Å². The number of carbonyl (C=O) groups is 1. The van der Waals surface area contributed by atoms with Gasteiger partial charge in [-0.15, -0.1) is 4.13 Å². The third kappa shape index (κ3) is 8.29. The van der Waals surface area contributed by atoms with E-state index in [1.807, 2.05) is 0 Å². The minimum atomic E-state index is -4.84. The van der Waals surface area contributed by atoms with Gasteiger partial charge in [-0.2, -0.15) is 0 Å². The minimum absolute atomic E-state index is 0.171. The van der Waals surface area contributed by atoms with Gasteiger partial charge in [0.2, 0.25) is 20.0 Å². The molecule has 7 nitrogen and oxygen atoms in total. The second-order valence-corrected chi connectivity index (χ2v) is 11.2. The van der Waals surface area contributed by atoms with E-state index in [-0.39, 0.29) is 11.6 Å². The Morgan fingerprint density at radius 3 is 2.30 bits per heavy atom. The van der Waals surface area contributed by atoms with E-state index in [0.717, 1.165) is 6.07 Å². The molecule has 13 heteroatoms. The summed E-state index contributed by atoms with van der Waals surface area (Å²) in [5.74, 6) is -3.46. The summed E-state index contributed by atoms with van der Waals surface area (Å²) in [4.78, 5) is 12.5. The van der Waals surface area contributed by atoms with Crippen LogP contribution in [0, 0.1) is 0 Å². The third-order valence-electron chi connectivity index (χ3n) is 4.26. The number of ether oxygens (including phenoxy) is 1. The molecule has 0 aliphatic carbocycles. The van der Waals surface area contributed by atoms with E-state index in [2.05, 4.69) is 0 Å². The van der Waals surface area contributed by atoms with Gasteiger partial charge < -0.3 is 4.74 Å². The first-order valence-electron chi connectivity index (χ1n) is 9.53. The van der Waals surface area contributed by atoms with Crippen LogP contribution in [0.4, 0.5) is 13.2 Å². The van der Waals surface area contributed by atoms with Crippen molar-refractivity contribution in [3.8, 4) is 0 Å². The van der Waals surface area contributed by atoms with Crippen molar-refractivity contribution in [2.75, 3.05) is 18.2 Å². The van der Waals surface area contributed by atoms with Crippen molar-refractivity contribution in [1.29, 1.82) is 0 Å². The number of rotatable bonds is 12. The minimum Gasteiger partial charge on any atom is -0.457 e. The molecular formula is C20H21ClF3NO6S2. The number of benzene rings is 2. The Morgan fingerprint density at radius 2 is 1.67 bits per heavy atom. The van der Waals surface area contributed by atoms with Gasteiger partial charge in [-0.25, -0.2) is 30.4 Å². The molecule has 0 aliphatic rings. The standard InChI is InChI=1S/C20H21ClF3NO6S2/c21-16-9-4-8-15(18(16)20(26)31-12-14-6-2-1-3-7-14)19(24)17(23)13-33(29,30)25-32(27,28)11-5-10-22/h1-4,6-9,17,19,25H,5,10-13H2. The van der Waals surface area contributed by atoms with Gasteiger partial charge in [0.15, 0.2) is 12.3 Å². The molecule has 0 spiro atoms. The van der Waals surface area contributed by atoms with Crippen molar-refractivity contribution in [2.24, 2.45) is 0 Å². The van der Waals surface area contributed by atoms with Crippen molar-refractivity contribution in [3.63, 3.8) is 0 Å². The molecule has 2 rings (SSSR count). The molecule has 0 aromatic heterocycles. The largest absolute Gasteiger partial charge is 0.457 e. The lowest BCUT2D eigenvalue weighted by Crippen LogP contribution is -2.37. The summed E-state index contributed by atoms with van der Waals surface area (Å²) >= 11 is 5.99. The van der Waals surface area contributed by atoms with Gasteiger partial charge in [-0.1, -0.05) is 54.1 Å². The smallest absolute Gasteiger partial charge is 0.340 e. The normalized spacial score (nSPS) is 13.9. The van der Waals surface area contributed by atoms with Gasteiger partial charge in [-0.3, -0.25) is 4.39 Å². The molecule has 182 valence electrons. The molecular weight excluding hydrogens is 507 g/mol. The zero-order chi connectivity index (χ0) is 24.6. The van der Waals surface area contributed by atoms with Gasteiger partial charge in [0, 0.05) is 5.56 Å². The Labute approximate surface area is 195 Å². The van der Waals surface area contributed by atoms with Crippen LogP contribution < -0.4 is 4.13 Å². The van der Waals surface area contributed by atoms with Crippen LogP contribution in [-0.2, 0) is 31.4 Å². The SMILES string of the molecule is O=C(OCc1ccccc1)c1c(Cl)cccc1C(F)C(F)CS(=O)(=O)NS(=O)(=O)CCCF. The van der Waals surface area contributed by atoms with E-state index >= 15 is 0 Å². The van der Waals surface area contributed by atoms with Crippen LogP contribution >= 0.6 is 11.6 Å². The fourth-order valence-corrected chi connectivity index (χ4v) is 6.27. The van der Waals surface area contributed by atoms with Crippen LogP contribution in [0.25, 0.3) is 0 Å². The van der Waals surface area contributed by atoms with Crippen LogP contribution in [0.3, 0.4) is 0 Å². The van der Waals surface area contributed by atoms with E-state index in [1.54, 1.807) is 30.3 Å². The number of hydrogen-bond acceptors (Lipinski definition) is 6. The lowest BCUT2D eigenvalue weighted by atomic mass is 10.0. The summed E-state index contributed by atoms with van der Waals surface area (Å²) in [5, 5.41) is -0.241. The summed E-state index contributed by atoms with van der Waals surface area (Å²) in [6.07, 6.45) is -5.86. The van der Waals surface area contributed by atoms with Gasteiger partial charge in [0.25, 0.3) is 0 Å². The number of hydrogen-bond donors (Lipinski definition) is 1. The van der Waals surface area contributed by atoms with E-state index in [0.29, 0.717) is 5.56 Å². The average molecular weight is 528 g/mol. The van der Waals surface area contributed by atoms with Crippen LogP contribution in [0.15, 0.2) is 48.5 Å². The lowest BCUT2D eigenvalue weighted by molar-refractivity contribution is 0.0467. The van der Waals surface area contributed by atoms with Crippen molar-refractivity contribution < 1.29 is 39.5 Å². The summed E-state index contributed by atoms with van der Waals surface area (Å²) in [6, 6.07) is 12.1. The van der Waals surface area contributed by atoms with Crippen LogP contribution in [-0.4, -0.2) is 47.2 Å². The molecule has 0 saturated carbocycles. The summed E-state index contributed by atoms with van der Waals surface area (Å²) in [6.45, 7) is -1.17. The molecule has 1 N–H and O–H groups in total. The van der Waals surface area contributed by atoms with Gasteiger partial charge in [0.05, 0.1) is 28.8 Å². The molecule has 0 fully saturated rings. The maximum atomic E-state index is 14.9. The zero-order valence-corrected chi connectivity index (χ0v) is 19.5. The second-order valence-electron chi connectivity index (χ2n) is 6.91. The summed E-state index contributed by atoms with van der Waals surface area (Å²) in [7, 11) is -9.30. The average Bonchev–Trinajstić information content (AvgIpc) is 2.75. The molecule has 2 aromatic carbocycles. The van der Waals surface area contributed by atoms with E-state index in [4.69, 9.17) is 16.3 Å². The van der Waals surface area contributed by atoms with E-state index in [1.165, 1.54) is 16.3 Å². The van der Waals surface area contributed by atoms with Gasteiger partial charge >= 0.3 is 5.97 Å². The zero-order valence-electron chi connectivity index (χ0n) is 17.1. The van der Waals surface area contributed by atoms with Gasteiger partial charge in [-0.05, 0) is 18.1 Å². The Kier molecular flexibility index (Phi) is 9.70. The maximum absolute atomic E-state index is 14.9. The third-order valence-corrected chi connectivity index (χ3v) is 8.19. The Balaban J connectivity index is 2.17. The molecule has 0 aliphatic heterocycles. The number of carbonyl (C=O) groups excluding carboxylic acids is 1. The molecule has 33 heavy (non-hydrogen) atoms. The topological polar surface area (TPSA) is 107 Å². The fraction of sp³-hybridized carbons (Fsp3) is 0.350. The highest BCUT2D eigenvalue weighted by molar-refractivity contribution is 8.04. The molecule has 0 bridgehead atoms. The number of sulfonamides is 2. The highest BCUT2D eigenvalue weighted by atomic mass is 35.5. The molecule has 2 aromatic rings. The number of halogens is 4. The second kappa shape index (κ2) is 11.8. The molecule has 0 heterocycles. The number of nitrogens with one attached hydrogen (secondary N) is 1. The lowest BCUT2D eigenvalue weighted by Gasteiger charge is -2.18. The molecule has 2 unspecified atom stereocenters. The summed E-state index contributed by atoms with van der Waals surface area (Å²) < 4.78 is 95.3. The highest BCUT2D eigenvalue weighted by Gasteiger charge is 2.34. The Morgan fingerprint density at radius 1 is 1.00 bits per heavy atom. The van der Waals surface area contributed by atoms with Crippen molar-refractivity contribution in [3.05, 3.63) is 70.2 Å². The number of alkyl halides is 3. The fourth-order valence-electron chi connectivity index (χ4n) is 2.78. The molecule has 0 saturated heterocycles. The van der Waals surface area contributed by atoms with Crippen LogP contribution in [0.1, 0.15) is 34.1 Å². The number of esters is 1. The maximum Gasteiger partial charge on any atom is 0.340 e. The van der Waals surface area contributed by atoms with E-state index in [9.17, 15) is 34.8 Å². The first-order chi connectivity index (χ1) is 15.5.